The summed E-state index contributed by atoms with van der Waals surface area (Å²) < 4.78 is 3.36. The van der Waals surface area contributed by atoms with Gasteiger partial charge in [-0.05, 0) is 67.9 Å². The summed E-state index contributed by atoms with van der Waals surface area (Å²) in [5.74, 6) is 0. The minimum Gasteiger partial charge on any atom is -0.317 e. The van der Waals surface area contributed by atoms with Crippen molar-refractivity contribution >= 4 is 15.9 Å². The van der Waals surface area contributed by atoms with E-state index >= 15 is 0 Å². The molecule has 0 aliphatic heterocycles. The Morgan fingerprint density at radius 1 is 1.56 bits per heavy atom. The summed E-state index contributed by atoms with van der Waals surface area (Å²) >= 11 is 3.71. The van der Waals surface area contributed by atoms with E-state index in [1.807, 2.05) is 0 Å². The van der Waals surface area contributed by atoms with E-state index in [1.54, 1.807) is 0 Å². The molecule has 0 saturated heterocycles. The number of nitrogens with one attached hydrogen (secondary N) is 1. The molecule has 1 aliphatic rings. The molecule has 1 aromatic rings. The van der Waals surface area contributed by atoms with Gasteiger partial charge >= 0.3 is 0 Å². The first kappa shape index (κ1) is 14.1. The fraction of sp³-hybridized carbons (Fsp3) is 0.786. The van der Waals surface area contributed by atoms with E-state index in [9.17, 15) is 0 Å². The number of aromatic nitrogens is 2. The van der Waals surface area contributed by atoms with Crippen molar-refractivity contribution in [1.82, 2.24) is 15.1 Å². The van der Waals surface area contributed by atoms with Crippen molar-refractivity contribution < 1.29 is 0 Å². The second-order valence-corrected chi connectivity index (χ2v) is 6.67. The molecule has 102 valence electrons. The lowest BCUT2D eigenvalue weighted by molar-refractivity contribution is 0.314. The molecule has 0 amide bonds. The highest BCUT2D eigenvalue weighted by Gasteiger charge is 2.36. The Bertz CT molecular complexity index is 427. The molecule has 0 radical (unpaired) electrons. The predicted molar refractivity (Wildman–Crippen MR) is 78.8 cm³/mol. The summed E-state index contributed by atoms with van der Waals surface area (Å²) in [6.45, 7) is 7.61. The van der Waals surface area contributed by atoms with E-state index < -0.39 is 0 Å². The number of aryl methyl sites for hydroxylation is 2. The van der Waals surface area contributed by atoms with Gasteiger partial charge in [-0.25, -0.2) is 0 Å². The van der Waals surface area contributed by atoms with Crippen LogP contribution in [0, 0.1) is 12.3 Å². The highest BCUT2D eigenvalue weighted by molar-refractivity contribution is 9.10. The summed E-state index contributed by atoms with van der Waals surface area (Å²) in [6.07, 6.45) is 4.99. The van der Waals surface area contributed by atoms with Crippen LogP contribution in [0.1, 0.15) is 44.5 Å². The van der Waals surface area contributed by atoms with Crippen LogP contribution in [0.3, 0.4) is 0 Å². The molecule has 1 N–H and O–H groups in total. The van der Waals surface area contributed by atoms with Crippen LogP contribution in [0.4, 0.5) is 0 Å². The summed E-state index contributed by atoms with van der Waals surface area (Å²) in [7, 11) is 2.08. The van der Waals surface area contributed by atoms with Crippen molar-refractivity contribution in [2.75, 3.05) is 7.05 Å². The van der Waals surface area contributed by atoms with Crippen molar-refractivity contribution in [3.05, 3.63) is 15.9 Å². The van der Waals surface area contributed by atoms with E-state index in [1.165, 1.54) is 29.4 Å². The number of halogens is 1. The fourth-order valence-corrected chi connectivity index (χ4v) is 3.59. The first-order chi connectivity index (χ1) is 8.49. The van der Waals surface area contributed by atoms with Crippen LogP contribution in [0.25, 0.3) is 0 Å². The number of hydrogen-bond acceptors (Lipinski definition) is 2. The van der Waals surface area contributed by atoms with Gasteiger partial charge in [0.15, 0.2) is 0 Å². The lowest BCUT2D eigenvalue weighted by Crippen LogP contribution is -2.25. The van der Waals surface area contributed by atoms with Crippen LogP contribution in [0.15, 0.2) is 4.47 Å². The first-order valence-corrected chi connectivity index (χ1v) is 7.67. The van der Waals surface area contributed by atoms with Crippen molar-refractivity contribution in [3.8, 4) is 0 Å². The SMILES string of the molecule is CCn1nc(C)c(Br)c1CC1(C)CCC(NC)C1. The van der Waals surface area contributed by atoms with Crippen LogP contribution in [-0.4, -0.2) is 22.9 Å². The van der Waals surface area contributed by atoms with Gasteiger partial charge in [0, 0.05) is 12.6 Å². The van der Waals surface area contributed by atoms with Crippen molar-refractivity contribution in [1.29, 1.82) is 0 Å². The molecule has 0 bridgehead atoms. The average molecular weight is 314 g/mol. The zero-order chi connectivity index (χ0) is 13.3. The van der Waals surface area contributed by atoms with Crippen LogP contribution < -0.4 is 5.32 Å². The van der Waals surface area contributed by atoms with Gasteiger partial charge < -0.3 is 5.32 Å². The molecule has 2 rings (SSSR count). The van der Waals surface area contributed by atoms with Gasteiger partial charge in [0.05, 0.1) is 15.9 Å². The Morgan fingerprint density at radius 2 is 2.28 bits per heavy atom. The quantitative estimate of drug-likeness (QED) is 0.924. The van der Waals surface area contributed by atoms with E-state index in [4.69, 9.17) is 0 Å². The third-order valence-corrected chi connectivity index (χ3v) is 5.32. The van der Waals surface area contributed by atoms with E-state index in [0.717, 1.165) is 18.7 Å². The molecule has 2 atom stereocenters. The second-order valence-electron chi connectivity index (χ2n) is 5.88. The van der Waals surface area contributed by atoms with Crippen LogP contribution in [0.2, 0.25) is 0 Å². The third-order valence-electron chi connectivity index (χ3n) is 4.29. The molecule has 1 fully saturated rings. The predicted octanol–water partition coefficient (Wildman–Crippen LogP) is 3.29. The molecule has 1 aromatic heterocycles. The molecule has 1 heterocycles. The summed E-state index contributed by atoms with van der Waals surface area (Å²) in [5, 5.41) is 8.01. The first-order valence-electron chi connectivity index (χ1n) is 6.88. The summed E-state index contributed by atoms with van der Waals surface area (Å²) in [4.78, 5) is 0. The maximum atomic E-state index is 4.60. The van der Waals surface area contributed by atoms with Gasteiger partial charge in [-0.1, -0.05) is 6.92 Å². The molecule has 18 heavy (non-hydrogen) atoms. The van der Waals surface area contributed by atoms with Crippen molar-refractivity contribution in [2.45, 2.75) is 59.0 Å². The lowest BCUT2D eigenvalue weighted by Gasteiger charge is -2.24. The zero-order valence-electron chi connectivity index (χ0n) is 11.9. The molecular weight excluding hydrogens is 290 g/mol. The Kier molecular flexibility index (Phi) is 4.17. The Labute approximate surface area is 118 Å². The Hall–Kier alpha value is -0.350. The molecule has 4 heteroatoms. The zero-order valence-corrected chi connectivity index (χ0v) is 13.5. The number of rotatable bonds is 4. The Balaban J connectivity index is 2.19. The van der Waals surface area contributed by atoms with Gasteiger partial charge in [-0.15, -0.1) is 0 Å². The standard InChI is InChI=1S/C14H24BrN3/c1-5-18-12(13(15)10(2)17-18)9-14(3)7-6-11(8-14)16-4/h11,16H,5-9H2,1-4H3. The van der Waals surface area contributed by atoms with E-state index in [-0.39, 0.29) is 0 Å². The monoisotopic (exact) mass is 313 g/mol. The summed E-state index contributed by atoms with van der Waals surface area (Å²) in [5.41, 5.74) is 2.89. The number of hydrogen-bond donors (Lipinski definition) is 1. The molecule has 1 aliphatic carbocycles. The highest BCUT2D eigenvalue weighted by atomic mass is 79.9. The van der Waals surface area contributed by atoms with Crippen LogP contribution >= 0.6 is 15.9 Å². The lowest BCUT2D eigenvalue weighted by atomic mass is 9.83. The van der Waals surface area contributed by atoms with Crippen molar-refractivity contribution in [2.24, 2.45) is 5.41 Å². The van der Waals surface area contributed by atoms with Gasteiger partial charge in [-0.3, -0.25) is 4.68 Å². The van der Waals surface area contributed by atoms with Gasteiger partial charge in [0.1, 0.15) is 0 Å². The number of nitrogens with zero attached hydrogens (tertiary/aromatic N) is 2. The molecular formula is C14H24BrN3. The summed E-state index contributed by atoms with van der Waals surface area (Å²) in [6, 6.07) is 0.688. The maximum Gasteiger partial charge on any atom is 0.0738 e. The average Bonchev–Trinajstić information content (AvgIpc) is 2.85. The smallest absolute Gasteiger partial charge is 0.0738 e. The highest BCUT2D eigenvalue weighted by Crippen LogP contribution is 2.42. The van der Waals surface area contributed by atoms with E-state index in [0.29, 0.717) is 11.5 Å². The molecule has 0 aromatic carbocycles. The minimum atomic E-state index is 0.412. The molecule has 2 unspecified atom stereocenters. The van der Waals surface area contributed by atoms with E-state index in [2.05, 4.69) is 58.8 Å². The Morgan fingerprint density at radius 3 is 2.83 bits per heavy atom. The fourth-order valence-electron chi connectivity index (χ4n) is 3.17. The topological polar surface area (TPSA) is 29.9 Å². The van der Waals surface area contributed by atoms with Gasteiger partial charge in [0.2, 0.25) is 0 Å². The molecule has 1 saturated carbocycles. The molecule has 0 spiro atoms. The van der Waals surface area contributed by atoms with Crippen LogP contribution in [0.5, 0.6) is 0 Å². The van der Waals surface area contributed by atoms with Crippen LogP contribution in [-0.2, 0) is 13.0 Å². The van der Waals surface area contributed by atoms with Gasteiger partial charge in [-0.2, -0.15) is 5.10 Å². The maximum absolute atomic E-state index is 4.60. The minimum absolute atomic E-state index is 0.412. The normalized spacial score (nSPS) is 27.9. The third kappa shape index (κ3) is 2.64. The van der Waals surface area contributed by atoms with Gasteiger partial charge in [0.25, 0.3) is 0 Å². The second kappa shape index (κ2) is 5.33. The van der Waals surface area contributed by atoms with Crippen molar-refractivity contribution in [3.63, 3.8) is 0 Å². The molecule has 3 nitrogen and oxygen atoms in total. The largest absolute Gasteiger partial charge is 0.317 e.